The van der Waals surface area contributed by atoms with Crippen molar-refractivity contribution in [2.24, 2.45) is 5.92 Å². The predicted octanol–water partition coefficient (Wildman–Crippen LogP) is 2.92. The van der Waals surface area contributed by atoms with Crippen molar-refractivity contribution < 1.29 is 23.1 Å². The van der Waals surface area contributed by atoms with Gasteiger partial charge < -0.3 is 5.11 Å². The summed E-state index contributed by atoms with van der Waals surface area (Å²) < 4.78 is 38.1. The minimum atomic E-state index is -4.50. The van der Waals surface area contributed by atoms with Crippen molar-refractivity contribution in [1.82, 2.24) is 4.98 Å². The smallest absolute Gasteiger partial charge is 0.416 e. The number of rotatable bonds is 3. The summed E-state index contributed by atoms with van der Waals surface area (Å²) in [5.74, 6) is -2.78. The Morgan fingerprint density at radius 1 is 1.41 bits per heavy atom. The van der Waals surface area contributed by atoms with Gasteiger partial charge in [-0.25, -0.2) is 0 Å². The van der Waals surface area contributed by atoms with Crippen molar-refractivity contribution in [3.8, 4) is 0 Å². The Hall–Kier alpha value is -1.59. The van der Waals surface area contributed by atoms with Gasteiger partial charge in [-0.3, -0.25) is 9.78 Å². The normalized spacial score (nSPS) is 15.4. The molecule has 94 valence electrons. The highest BCUT2D eigenvalue weighted by molar-refractivity contribution is 5.71. The van der Waals surface area contributed by atoms with Gasteiger partial charge in [0.25, 0.3) is 0 Å². The number of carboxylic acids is 1. The number of alkyl halides is 3. The molecule has 1 rings (SSSR count). The molecule has 1 heterocycles. The Kier molecular flexibility index (Phi) is 3.75. The van der Waals surface area contributed by atoms with Gasteiger partial charge in [-0.15, -0.1) is 0 Å². The van der Waals surface area contributed by atoms with Crippen LogP contribution in [0.1, 0.15) is 30.9 Å². The van der Waals surface area contributed by atoms with E-state index in [2.05, 4.69) is 4.98 Å². The van der Waals surface area contributed by atoms with Gasteiger partial charge in [0.05, 0.1) is 11.5 Å². The first kappa shape index (κ1) is 13.5. The quantitative estimate of drug-likeness (QED) is 0.893. The summed E-state index contributed by atoms with van der Waals surface area (Å²) in [6.07, 6.45) is -2.37. The van der Waals surface area contributed by atoms with Crippen molar-refractivity contribution in [1.29, 1.82) is 0 Å². The molecule has 0 saturated carbocycles. The Morgan fingerprint density at radius 2 is 2.00 bits per heavy atom. The molecule has 0 aliphatic rings. The van der Waals surface area contributed by atoms with Crippen LogP contribution in [0, 0.1) is 5.92 Å². The molecule has 0 saturated heterocycles. The summed E-state index contributed by atoms with van der Waals surface area (Å²) in [7, 11) is 0. The molecule has 0 aliphatic carbocycles. The van der Waals surface area contributed by atoms with Crippen LogP contribution in [0.15, 0.2) is 18.5 Å². The number of hydrogen-bond acceptors (Lipinski definition) is 2. The summed E-state index contributed by atoms with van der Waals surface area (Å²) in [5, 5.41) is 8.81. The van der Waals surface area contributed by atoms with E-state index in [-0.39, 0.29) is 5.56 Å². The zero-order valence-corrected chi connectivity index (χ0v) is 9.32. The van der Waals surface area contributed by atoms with E-state index in [1.54, 1.807) is 0 Å². The molecule has 0 radical (unpaired) electrons. The van der Waals surface area contributed by atoms with Crippen molar-refractivity contribution >= 4 is 5.97 Å². The van der Waals surface area contributed by atoms with Crippen molar-refractivity contribution in [2.45, 2.75) is 25.9 Å². The second-order valence-electron chi connectivity index (χ2n) is 3.88. The largest absolute Gasteiger partial charge is 0.481 e. The summed E-state index contributed by atoms with van der Waals surface area (Å²) in [6.45, 7) is 2.82. The van der Waals surface area contributed by atoms with Gasteiger partial charge in [-0.2, -0.15) is 13.2 Å². The van der Waals surface area contributed by atoms with Gasteiger partial charge in [-0.1, -0.05) is 13.8 Å². The molecule has 6 heteroatoms. The molecule has 0 aliphatic heterocycles. The van der Waals surface area contributed by atoms with Crippen LogP contribution in [0.4, 0.5) is 13.2 Å². The van der Waals surface area contributed by atoms with E-state index in [0.29, 0.717) is 0 Å². The van der Waals surface area contributed by atoms with E-state index in [1.165, 1.54) is 13.8 Å². The number of aliphatic carboxylic acids is 1. The van der Waals surface area contributed by atoms with E-state index in [4.69, 9.17) is 5.11 Å². The Labute approximate surface area is 96.3 Å². The van der Waals surface area contributed by atoms with Crippen molar-refractivity contribution in [2.75, 3.05) is 0 Å². The Morgan fingerprint density at radius 3 is 2.47 bits per heavy atom. The van der Waals surface area contributed by atoms with E-state index >= 15 is 0 Å². The molecule has 3 nitrogen and oxygen atoms in total. The zero-order valence-electron chi connectivity index (χ0n) is 9.32. The number of hydrogen-bond donors (Lipinski definition) is 1. The summed E-state index contributed by atoms with van der Waals surface area (Å²) in [6, 6.07) is 0.862. The van der Waals surface area contributed by atoms with Crippen LogP contribution in [0.3, 0.4) is 0 Å². The van der Waals surface area contributed by atoms with Gasteiger partial charge in [0.15, 0.2) is 0 Å². The van der Waals surface area contributed by atoms with Gasteiger partial charge >= 0.3 is 12.1 Å². The Bertz CT molecular complexity index is 417. The monoisotopic (exact) mass is 247 g/mol. The number of carboxylic acid groups (broad SMARTS) is 1. The van der Waals surface area contributed by atoms with Crippen LogP contribution >= 0.6 is 0 Å². The maximum atomic E-state index is 12.7. The fourth-order valence-electron chi connectivity index (χ4n) is 1.51. The van der Waals surface area contributed by atoms with Crippen LogP contribution in [0.5, 0.6) is 0 Å². The van der Waals surface area contributed by atoms with Crippen molar-refractivity contribution in [3.05, 3.63) is 29.6 Å². The van der Waals surface area contributed by atoms with Crippen LogP contribution in [-0.2, 0) is 11.0 Å². The standard InChI is InChI=1S/C11H12F3NO2/c1-6(7(2)10(16)17)8-5-15-4-3-9(8)11(12,13)14/h3-7H,1-2H3,(H,16,17). The summed E-state index contributed by atoms with van der Waals surface area (Å²) >= 11 is 0. The molecule has 0 spiro atoms. The van der Waals surface area contributed by atoms with E-state index in [9.17, 15) is 18.0 Å². The molecule has 17 heavy (non-hydrogen) atoms. The molecule has 1 aromatic heterocycles. The first-order valence-corrected chi connectivity index (χ1v) is 4.99. The maximum Gasteiger partial charge on any atom is 0.416 e. The van der Waals surface area contributed by atoms with Crippen LogP contribution in [0.2, 0.25) is 0 Å². The molecule has 2 atom stereocenters. The first-order chi connectivity index (χ1) is 7.75. The Balaban J connectivity index is 3.18. The lowest BCUT2D eigenvalue weighted by atomic mass is 9.87. The highest BCUT2D eigenvalue weighted by Gasteiger charge is 2.36. The number of carbonyl (C=O) groups is 1. The molecular formula is C11H12F3NO2. The summed E-state index contributed by atoms with van der Waals surface area (Å²) in [4.78, 5) is 14.4. The van der Waals surface area contributed by atoms with E-state index in [0.717, 1.165) is 18.5 Å². The molecule has 0 aromatic carbocycles. The van der Waals surface area contributed by atoms with Gasteiger partial charge in [0, 0.05) is 12.4 Å². The van der Waals surface area contributed by atoms with Gasteiger partial charge in [0.1, 0.15) is 0 Å². The second-order valence-corrected chi connectivity index (χ2v) is 3.88. The van der Waals surface area contributed by atoms with Gasteiger partial charge in [0.2, 0.25) is 0 Å². The fraction of sp³-hybridized carbons (Fsp3) is 0.455. The third-order valence-corrected chi connectivity index (χ3v) is 2.79. The highest BCUT2D eigenvalue weighted by atomic mass is 19.4. The third kappa shape index (κ3) is 2.95. The molecule has 0 amide bonds. The first-order valence-electron chi connectivity index (χ1n) is 4.99. The summed E-state index contributed by atoms with van der Waals surface area (Å²) in [5.41, 5.74) is -0.914. The van der Waals surface area contributed by atoms with Gasteiger partial charge in [-0.05, 0) is 17.5 Å². The molecular weight excluding hydrogens is 235 g/mol. The number of halogens is 3. The predicted molar refractivity (Wildman–Crippen MR) is 54.5 cm³/mol. The fourth-order valence-corrected chi connectivity index (χ4v) is 1.51. The zero-order chi connectivity index (χ0) is 13.2. The van der Waals surface area contributed by atoms with Crippen molar-refractivity contribution in [3.63, 3.8) is 0 Å². The maximum absolute atomic E-state index is 12.7. The van der Waals surface area contributed by atoms with Crippen LogP contribution in [-0.4, -0.2) is 16.1 Å². The molecule has 0 fully saturated rings. The third-order valence-electron chi connectivity index (χ3n) is 2.79. The SMILES string of the molecule is CC(C(=O)O)C(C)c1cnccc1C(F)(F)F. The molecule has 1 aromatic rings. The lowest BCUT2D eigenvalue weighted by Gasteiger charge is -2.20. The second kappa shape index (κ2) is 4.73. The molecule has 2 unspecified atom stereocenters. The number of aromatic nitrogens is 1. The van der Waals surface area contributed by atoms with E-state index in [1.807, 2.05) is 0 Å². The number of nitrogens with zero attached hydrogens (tertiary/aromatic N) is 1. The van der Waals surface area contributed by atoms with Crippen LogP contribution in [0.25, 0.3) is 0 Å². The minimum Gasteiger partial charge on any atom is -0.481 e. The molecule has 0 bridgehead atoms. The number of pyridine rings is 1. The topological polar surface area (TPSA) is 50.2 Å². The lowest BCUT2D eigenvalue weighted by Crippen LogP contribution is -2.20. The minimum absolute atomic E-state index is 0.0881. The highest BCUT2D eigenvalue weighted by Crippen LogP contribution is 2.36. The molecule has 1 N–H and O–H groups in total. The van der Waals surface area contributed by atoms with Crippen LogP contribution < -0.4 is 0 Å². The lowest BCUT2D eigenvalue weighted by molar-refractivity contribution is -0.143. The van der Waals surface area contributed by atoms with E-state index < -0.39 is 29.5 Å². The average molecular weight is 247 g/mol. The average Bonchev–Trinajstić information content (AvgIpc) is 2.25.